The van der Waals surface area contributed by atoms with Crippen LogP contribution in [0.4, 0.5) is 4.39 Å². The number of Topliss-reactive ketones (excluding diaryl/α,β-unsaturated/α-hetero) is 1. The Morgan fingerprint density at radius 3 is 2.50 bits per heavy atom. The number of fused-ring (bicyclic) bond motifs is 1. The van der Waals surface area contributed by atoms with Crippen LogP contribution < -0.4 is 15.0 Å². The standard InChI is InChI=1S/C32H28FN3O4/c1-20(2)19-35-21(3)31(32(38)36(35)23-8-6-5-7-9-23)28(37)17-22-10-13-30(26(33)16-22)40-29-14-15-34-27-18-24(39-4)11-12-25(27)29/h5-16,18H,1,17,19H2,2-4H3. The topological polar surface area (TPSA) is 75.4 Å². The van der Waals surface area contributed by atoms with E-state index in [4.69, 9.17) is 9.47 Å². The van der Waals surface area contributed by atoms with E-state index >= 15 is 4.39 Å². The first-order chi connectivity index (χ1) is 19.3. The minimum atomic E-state index is -0.623. The van der Waals surface area contributed by atoms with Gasteiger partial charge in [-0.25, -0.2) is 9.07 Å². The van der Waals surface area contributed by atoms with Crippen molar-refractivity contribution in [1.82, 2.24) is 14.3 Å². The summed E-state index contributed by atoms with van der Waals surface area (Å²) in [6.07, 6.45) is 1.43. The molecular weight excluding hydrogens is 509 g/mol. The fourth-order valence-corrected chi connectivity index (χ4v) is 4.69. The number of ether oxygens (including phenoxy) is 2. The highest BCUT2D eigenvalue weighted by molar-refractivity contribution is 5.98. The van der Waals surface area contributed by atoms with Gasteiger partial charge in [0.2, 0.25) is 0 Å². The van der Waals surface area contributed by atoms with Crippen LogP contribution in [-0.2, 0) is 13.0 Å². The Labute approximate surface area is 230 Å². The zero-order valence-electron chi connectivity index (χ0n) is 22.5. The van der Waals surface area contributed by atoms with Gasteiger partial charge in [0.15, 0.2) is 17.3 Å². The fourth-order valence-electron chi connectivity index (χ4n) is 4.69. The van der Waals surface area contributed by atoms with Gasteiger partial charge >= 0.3 is 0 Å². The van der Waals surface area contributed by atoms with Gasteiger partial charge in [-0.1, -0.05) is 36.4 Å². The Morgan fingerprint density at radius 2 is 1.80 bits per heavy atom. The summed E-state index contributed by atoms with van der Waals surface area (Å²) in [5, 5.41) is 0.700. The molecule has 40 heavy (non-hydrogen) atoms. The summed E-state index contributed by atoms with van der Waals surface area (Å²) in [6.45, 7) is 7.94. The van der Waals surface area contributed by atoms with Crippen LogP contribution in [-0.4, -0.2) is 27.2 Å². The molecule has 3 aromatic carbocycles. The molecule has 0 fully saturated rings. The molecule has 2 aromatic heterocycles. The molecule has 7 nitrogen and oxygen atoms in total. The zero-order chi connectivity index (χ0) is 28.4. The number of pyridine rings is 1. The predicted molar refractivity (Wildman–Crippen MR) is 152 cm³/mol. The number of carbonyl (C=O) groups excluding carboxylic acids is 1. The average molecular weight is 538 g/mol. The second-order valence-corrected chi connectivity index (χ2v) is 9.59. The monoisotopic (exact) mass is 537 g/mol. The molecule has 0 spiro atoms. The number of allylic oxidation sites excluding steroid dienone is 1. The van der Waals surface area contributed by atoms with Gasteiger partial charge in [-0.3, -0.25) is 19.3 Å². The quantitative estimate of drug-likeness (QED) is 0.160. The van der Waals surface area contributed by atoms with Crippen LogP contribution in [0, 0.1) is 12.7 Å². The summed E-state index contributed by atoms with van der Waals surface area (Å²) < 4.78 is 29.5. The molecule has 0 saturated heterocycles. The van der Waals surface area contributed by atoms with Crippen LogP contribution in [0.2, 0.25) is 0 Å². The minimum Gasteiger partial charge on any atom is -0.497 e. The molecule has 2 heterocycles. The second kappa shape index (κ2) is 11.0. The molecule has 0 aliphatic rings. The largest absolute Gasteiger partial charge is 0.497 e. The smallest absolute Gasteiger partial charge is 0.282 e. The van der Waals surface area contributed by atoms with Crippen molar-refractivity contribution in [3.63, 3.8) is 0 Å². The van der Waals surface area contributed by atoms with Crippen molar-refractivity contribution in [2.45, 2.75) is 26.8 Å². The van der Waals surface area contributed by atoms with Crippen molar-refractivity contribution < 1.29 is 18.7 Å². The number of benzene rings is 3. The van der Waals surface area contributed by atoms with E-state index in [1.54, 1.807) is 67.4 Å². The lowest BCUT2D eigenvalue weighted by Gasteiger charge is -2.13. The SMILES string of the molecule is C=C(C)Cn1c(C)c(C(=O)Cc2ccc(Oc3ccnc4cc(OC)ccc34)c(F)c2)c(=O)n1-c1ccccc1. The average Bonchev–Trinajstić information content (AvgIpc) is 3.18. The van der Waals surface area contributed by atoms with Crippen LogP contribution in [0.3, 0.4) is 0 Å². The molecule has 0 unspecified atom stereocenters. The van der Waals surface area contributed by atoms with Gasteiger partial charge in [0, 0.05) is 29.8 Å². The molecule has 0 bridgehead atoms. The molecular formula is C32H28FN3O4. The lowest BCUT2D eigenvalue weighted by molar-refractivity contribution is 0.0991. The van der Waals surface area contributed by atoms with Crippen molar-refractivity contribution in [3.8, 4) is 22.9 Å². The van der Waals surface area contributed by atoms with Gasteiger partial charge in [-0.15, -0.1) is 0 Å². The van der Waals surface area contributed by atoms with Gasteiger partial charge in [-0.05, 0) is 61.9 Å². The molecule has 0 atom stereocenters. The molecule has 0 N–H and O–H groups in total. The van der Waals surface area contributed by atoms with Crippen LogP contribution >= 0.6 is 0 Å². The van der Waals surface area contributed by atoms with Gasteiger partial charge in [0.1, 0.15) is 17.1 Å². The molecule has 5 rings (SSSR count). The maximum Gasteiger partial charge on any atom is 0.282 e. The predicted octanol–water partition coefficient (Wildman–Crippen LogP) is 6.44. The Balaban J connectivity index is 1.42. The van der Waals surface area contributed by atoms with Crippen molar-refractivity contribution in [3.05, 3.63) is 124 Å². The summed E-state index contributed by atoms with van der Waals surface area (Å²) in [5.74, 6) is 0.0796. The van der Waals surface area contributed by atoms with Crippen molar-refractivity contribution >= 4 is 16.7 Å². The van der Waals surface area contributed by atoms with Crippen LogP contribution in [0.25, 0.3) is 16.6 Å². The van der Waals surface area contributed by atoms with E-state index in [1.807, 2.05) is 25.1 Å². The maximum atomic E-state index is 15.1. The van der Waals surface area contributed by atoms with Gasteiger partial charge < -0.3 is 9.47 Å². The van der Waals surface area contributed by atoms with Crippen LogP contribution in [0.1, 0.15) is 28.5 Å². The molecule has 0 radical (unpaired) electrons. The molecule has 0 saturated carbocycles. The summed E-state index contributed by atoms with van der Waals surface area (Å²) in [5.41, 5.74) is 2.74. The van der Waals surface area contributed by atoms with E-state index in [0.717, 1.165) is 5.57 Å². The van der Waals surface area contributed by atoms with Crippen molar-refractivity contribution in [2.24, 2.45) is 0 Å². The summed E-state index contributed by atoms with van der Waals surface area (Å²) in [7, 11) is 1.57. The molecule has 5 aromatic rings. The van der Waals surface area contributed by atoms with Crippen molar-refractivity contribution in [2.75, 3.05) is 7.11 Å². The molecule has 0 amide bonds. The lowest BCUT2D eigenvalue weighted by Crippen LogP contribution is -2.24. The van der Waals surface area contributed by atoms with Gasteiger partial charge in [0.05, 0.1) is 24.9 Å². The first-order valence-electron chi connectivity index (χ1n) is 12.7. The van der Waals surface area contributed by atoms with Crippen molar-refractivity contribution in [1.29, 1.82) is 0 Å². The van der Waals surface area contributed by atoms with Gasteiger partial charge in [-0.2, -0.15) is 0 Å². The number of methoxy groups -OCH3 is 1. The van der Waals surface area contributed by atoms with Crippen LogP contribution in [0.15, 0.2) is 95.9 Å². The third-order valence-corrected chi connectivity index (χ3v) is 6.59. The second-order valence-electron chi connectivity index (χ2n) is 9.59. The van der Waals surface area contributed by atoms with E-state index < -0.39 is 17.2 Å². The Morgan fingerprint density at radius 1 is 1.02 bits per heavy atom. The molecule has 202 valence electrons. The van der Waals surface area contributed by atoms with E-state index in [0.29, 0.717) is 45.9 Å². The Kier molecular flexibility index (Phi) is 7.33. The third-order valence-electron chi connectivity index (χ3n) is 6.59. The first-order valence-corrected chi connectivity index (χ1v) is 12.7. The number of carbonyl (C=O) groups is 1. The highest BCUT2D eigenvalue weighted by atomic mass is 19.1. The zero-order valence-corrected chi connectivity index (χ0v) is 22.5. The summed E-state index contributed by atoms with van der Waals surface area (Å²) in [4.78, 5) is 31.2. The number of para-hydroxylation sites is 1. The highest BCUT2D eigenvalue weighted by Crippen LogP contribution is 2.32. The Bertz CT molecular complexity index is 1810. The van der Waals surface area contributed by atoms with E-state index in [9.17, 15) is 9.59 Å². The number of rotatable bonds is 9. The number of hydrogen-bond acceptors (Lipinski definition) is 5. The minimum absolute atomic E-state index is 0.00902. The number of halogens is 1. The number of ketones is 1. The number of aromatic nitrogens is 3. The molecule has 0 aliphatic heterocycles. The molecule has 8 heteroatoms. The number of hydrogen-bond donors (Lipinski definition) is 0. The van der Waals surface area contributed by atoms with E-state index in [-0.39, 0.29) is 17.7 Å². The fraction of sp³-hybridized carbons (Fsp3) is 0.156. The molecule has 0 aliphatic carbocycles. The van der Waals surface area contributed by atoms with E-state index in [1.165, 1.54) is 16.8 Å². The maximum absolute atomic E-state index is 15.1. The first kappa shape index (κ1) is 26.6. The van der Waals surface area contributed by atoms with E-state index in [2.05, 4.69) is 11.6 Å². The Hall–Kier alpha value is -4.98. The van der Waals surface area contributed by atoms with Gasteiger partial charge in [0.25, 0.3) is 5.56 Å². The summed E-state index contributed by atoms with van der Waals surface area (Å²) >= 11 is 0. The highest BCUT2D eigenvalue weighted by Gasteiger charge is 2.24. The lowest BCUT2D eigenvalue weighted by atomic mass is 10.0. The number of nitrogens with zero attached hydrogens (tertiary/aromatic N) is 3. The van der Waals surface area contributed by atoms with Crippen LogP contribution in [0.5, 0.6) is 17.2 Å². The normalized spacial score (nSPS) is 11.0. The summed E-state index contributed by atoms with van der Waals surface area (Å²) in [6, 6.07) is 20.5. The third kappa shape index (κ3) is 5.16.